The molecule has 0 aliphatic carbocycles. The van der Waals surface area contributed by atoms with Gasteiger partial charge >= 0.3 is 0 Å². The van der Waals surface area contributed by atoms with E-state index in [1.165, 1.54) is 71.4 Å². The van der Waals surface area contributed by atoms with Crippen LogP contribution in [0.5, 0.6) is 0 Å². The first-order chi connectivity index (χ1) is 34.6. The third-order valence-corrected chi connectivity index (χ3v) is 14.4. The second kappa shape index (κ2) is 19.4. The Labute approximate surface area is 443 Å². The Bertz CT molecular complexity index is 3890. The fraction of sp³-hybridized carbons (Fsp3) is 0.206. The fourth-order valence-electron chi connectivity index (χ4n) is 10.3. The summed E-state index contributed by atoms with van der Waals surface area (Å²) in [4.78, 5) is 10.1. The van der Waals surface area contributed by atoms with E-state index in [1.54, 1.807) is 0 Å². The van der Waals surface area contributed by atoms with Crippen molar-refractivity contribution in [3.63, 3.8) is 0 Å². The zero-order valence-electron chi connectivity index (χ0n) is 43.5. The van der Waals surface area contributed by atoms with Crippen LogP contribution in [0.2, 0.25) is 0 Å². The van der Waals surface area contributed by atoms with Crippen LogP contribution < -0.4 is 0 Å². The summed E-state index contributed by atoms with van der Waals surface area (Å²) in [5.74, 6) is 1.34. The molecule has 0 N–H and O–H groups in total. The van der Waals surface area contributed by atoms with E-state index in [4.69, 9.17) is 9.40 Å². The molecular weight excluding hydrogens is 1070 g/mol. The van der Waals surface area contributed by atoms with Crippen LogP contribution in [0.3, 0.4) is 0 Å². The van der Waals surface area contributed by atoms with E-state index in [1.807, 2.05) is 12.3 Å². The van der Waals surface area contributed by atoms with Gasteiger partial charge in [0.15, 0.2) is 0 Å². The van der Waals surface area contributed by atoms with E-state index >= 15 is 0 Å². The van der Waals surface area contributed by atoms with Crippen LogP contribution in [0.4, 0.5) is 0 Å². The third kappa shape index (κ3) is 9.20. The molecular formula is C68H61IrN3O-2. The molecule has 3 heterocycles. The first-order valence-corrected chi connectivity index (χ1v) is 25.4. The zero-order chi connectivity index (χ0) is 50.1. The molecule has 0 saturated heterocycles. The van der Waals surface area contributed by atoms with Crippen molar-refractivity contribution in [2.75, 3.05) is 0 Å². The second-order valence-electron chi connectivity index (χ2n) is 22.1. The normalized spacial score (nSPS) is 12.1. The van der Waals surface area contributed by atoms with Crippen molar-refractivity contribution in [3.05, 3.63) is 210 Å². The van der Waals surface area contributed by atoms with Crippen LogP contribution in [-0.4, -0.2) is 14.5 Å². The summed E-state index contributed by atoms with van der Waals surface area (Å²) < 4.78 is 9.35. The molecule has 0 fully saturated rings. The topological polar surface area (TPSA) is 43.9 Å². The van der Waals surface area contributed by atoms with Crippen molar-refractivity contribution in [2.45, 2.75) is 91.9 Å². The monoisotopic (exact) mass is 1130 g/mol. The molecule has 12 rings (SSSR count). The maximum absolute atomic E-state index is 6.92. The Balaban J connectivity index is 0.000000246. The zero-order valence-corrected chi connectivity index (χ0v) is 45.9. The standard InChI is InChI=1S/C49H37N2O.C19H24N.Ir/c1-29(2)40-26-35(31-13-6-5-7-14-31)27-41(30(3)4)46(40)51-47-37-18-11-9-16-33(37)23-24-44(47)50-49(51)39-20-12-19-38-43-25-34-22-21-32-15-8-10-17-36(32)42(34)28-45(43)52-48(38)39;1-18(2,3)15-9-7-14(8-10-15)17-12-11-16(13-20-17)19(4,5)6;/h5-19,21-30H,1-4H3;7,9-13H,1-6H3;/q2*-1;. The van der Waals surface area contributed by atoms with Gasteiger partial charge in [0.2, 0.25) is 0 Å². The van der Waals surface area contributed by atoms with Crippen LogP contribution >= 0.6 is 0 Å². The molecule has 0 bridgehead atoms. The first kappa shape index (κ1) is 49.4. The number of imidazole rings is 1. The molecule has 0 atom stereocenters. The summed E-state index contributed by atoms with van der Waals surface area (Å²) >= 11 is 0. The van der Waals surface area contributed by atoms with Gasteiger partial charge in [0.1, 0.15) is 5.58 Å². The first-order valence-electron chi connectivity index (χ1n) is 25.4. The quantitative estimate of drug-likeness (QED) is 0.123. The van der Waals surface area contributed by atoms with Crippen LogP contribution in [0.25, 0.3) is 105 Å². The van der Waals surface area contributed by atoms with Gasteiger partial charge in [-0.05, 0) is 113 Å². The van der Waals surface area contributed by atoms with E-state index < -0.39 is 0 Å². The SMILES string of the molecule is CC(C)(C)c1c[c-]c(-c2ccc(C(C)(C)C)cn2)cc1.CC(C)c1cc(-c2ccccc2)cc(C(C)C)c1-n1c(-c2[c-]ccc3c2oc2cc4c(ccc5ccccc54)cc23)nc2ccc3ccccc3c21.[Ir]. The number of nitrogens with zero attached hydrogens (tertiary/aromatic N) is 3. The number of furan rings is 1. The molecule has 0 aliphatic heterocycles. The molecule has 0 saturated carbocycles. The largest absolute Gasteiger partial charge is 0.501 e. The van der Waals surface area contributed by atoms with Crippen molar-refractivity contribution in [1.29, 1.82) is 0 Å². The van der Waals surface area contributed by atoms with Gasteiger partial charge in [0.05, 0.1) is 22.4 Å². The van der Waals surface area contributed by atoms with Gasteiger partial charge in [-0.2, -0.15) is 0 Å². The summed E-state index contributed by atoms with van der Waals surface area (Å²) in [5.41, 5.74) is 15.7. The summed E-state index contributed by atoms with van der Waals surface area (Å²) in [7, 11) is 0. The van der Waals surface area contributed by atoms with Gasteiger partial charge in [-0.25, -0.2) is 0 Å². The summed E-state index contributed by atoms with van der Waals surface area (Å²) in [5, 5.41) is 9.36. The Morgan fingerprint density at radius 3 is 1.81 bits per heavy atom. The summed E-state index contributed by atoms with van der Waals surface area (Å²) in [6, 6.07) is 67.8. The van der Waals surface area contributed by atoms with E-state index in [9.17, 15) is 0 Å². The molecule has 0 spiro atoms. The van der Waals surface area contributed by atoms with Gasteiger partial charge < -0.3 is 14.0 Å². The number of fused-ring (bicyclic) bond motifs is 9. The Morgan fingerprint density at radius 2 is 1.16 bits per heavy atom. The van der Waals surface area contributed by atoms with Crippen molar-refractivity contribution < 1.29 is 24.5 Å². The number of pyridine rings is 1. The maximum atomic E-state index is 6.92. The van der Waals surface area contributed by atoms with Crippen molar-refractivity contribution >= 4 is 65.3 Å². The molecule has 12 aromatic rings. The van der Waals surface area contributed by atoms with E-state index in [-0.39, 0.29) is 42.8 Å². The Hall–Kier alpha value is -7.17. The Morgan fingerprint density at radius 1 is 0.534 bits per heavy atom. The molecule has 365 valence electrons. The average molecular weight is 1130 g/mol. The van der Waals surface area contributed by atoms with E-state index in [0.717, 1.165) is 55.6 Å². The van der Waals surface area contributed by atoms with Gasteiger partial charge in [-0.15, -0.1) is 53.6 Å². The van der Waals surface area contributed by atoms with E-state index in [0.29, 0.717) is 0 Å². The number of rotatable bonds is 6. The predicted octanol–water partition coefficient (Wildman–Crippen LogP) is 18.9. The second-order valence-corrected chi connectivity index (χ2v) is 22.1. The molecule has 5 heteroatoms. The van der Waals surface area contributed by atoms with Crippen LogP contribution in [0.1, 0.15) is 103 Å². The number of hydrogen-bond donors (Lipinski definition) is 0. The van der Waals surface area contributed by atoms with Gasteiger partial charge in [0.25, 0.3) is 0 Å². The predicted molar refractivity (Wildman–Crippen MR) is 305 cm³/mol. The van der Waals surface area contributed by atoms with Crippen LogP contribution in [0, 0.1) is 12.1 Å². The van der Waals surface area contributed by atoms with Crippen molar-refractivity contribution in [1.82, 2.24) is 14.5 Å². The van der Waals surface area contributed by atoms with Gasteiger partial charge in [-0.3, -0.25) is 4.98 Å². The molecule has 0 unspecified atom stereocenters. The van der Waals surface area contributed by atoms with Gasteiger partial charge in [0, 0.05) is 42.8 Å². The minimum Gasteiger partial charge on any atom is -0.501 e. The molecule has 73 heavy (non-hydrogen) atoms. The molecule has 4 nitrogen and oxygen atoms in total. The minimum atomic E-state index is 0. The molecule has 3 aromatic heterocycles. The van der Waals surface area contributed by atoms with E-state index in [2.05, 4.69) is 255 Å². The number of benzene rings is 9. The van der Waals surface area contributed by atoms with Crippen LogP contribution in [-0.2, 0) is 30.9 Å². The minimum absolute atomic E-state index is 0. The van der Waals surface area contributed by atoms with Crippen LogP contribution in [0.15, 0.2) is 180 Å². The van der Waals surface area contributed by atoms with Gasteiger partial charge in [-0.1, -0.05) is 189 Å². The summed E-state index contributed by atoms with van der Waals surface area (Å²) in [6.07, 6.45) is 1.97. The maximum Gasteiger partial charge on any atom is 0.121 e. The van der Waals surface area contributed by atoms with Crippen molar-refractivity contribution in [3.8, 4) is 39.5 Å². The summed E-state index contributed by atoms with van der Waals surface area (Å²) in [6.45, 7) is 22.5. The number of aromatic nitrogens is 3. The smallest absolute Gasteiger partial charge is 0.121 e. The molecule has 0 amide bonds. The number of hydrogen-bond acceptors (Lipinski definition) is 3. The Kier molecular flexibility index (Phi) is 13.1. The molecule has 0 aliphatic rings. The average Bonchev–Trinajstić information content (AvgIpc) is 3.96. The molecule has 1 radical (unpaired) electrons. The van der Waals surface area contributed by atoms with Crippen molar-refractivity contribution in [2.24, 2.45) is 0 Å². The third-order valence-electron chi connectivity index (χ3n) is 14.4. The molecule has 9 aromatic carbocycles. The fourth-order valence-corrected chi connectivity index (χ4v) is 10.3.